The largest absolute Gasteiger partial charge is 0.497 e. The Hall–Kier alpha value is -1.06. The molecule has 1 aliphatic carbocycles. The minimum absolute atomic E-state index is 0.604. The lowest BCUT2D eigenvalue weighted by atomic mass is 9.86. The summed E-state index contributed by atoms with van der Waals surface area (Å²) in [6.45, 7) is 8.28. The maximum atomic E-state index is 5.42. The van der Waals surface area contributed by atoms with Crippen LogP contribution in [0.5, 0.6) is 5.75 Å². The summed E-state index contributed by atoms with van der Waals surface area (Å²) in [5.74, 6) is 1.00. The van der Waals surface area contributed by atoms with Crippen LogP contribution >= 0.6 is 0 Å². The van der Waals surface area contributed by atoms with E-state index in [9.17, 15) is 0 Å². The summed E-state index contributed by atoms with van der Waals surface area (Å²) in [5, 5.41) is 0. The number of rotatable bonds is 3. The average Bonchev–Trinajstić information content (AvgIpc) is 2.54. The number of ether oxygens (including phenoxy) is 1. The molecule has 1 heterocycles. The summed E-state index contributed by atoms with van der Waals surface area (Å²) >= 11 is 0. The third-order valence-electron chi connectivity index (χ3n) is 4.93. The van der Waals surface area contributed by atoms with E-state index in [1.165, 1.54) is 63.1 Å². The summed E-state index contributed by atoms with van der Waals surface area (Å²) in [4.78, 5) is 5.23. The van der Waals surface area contributed by atoms with E-state index in [0.29, 0.717) is 6.04 Å². The Morgan fingerprint density at radius 1 is 1.20 bits per heavy atom. The van der Waals surface area contributed by atoms with Gasteiger partial charge in [0.15, 0.2) is 0 Å². The monoisotopic (exact) mass is 274 g/mol. The number of hydrogen-bond acceptors (Lipinski definition) is 3. The Morgan fingerprint density at radius 2 is 2.00 bits per heavy atom. The molecule has 1 saturated heterocycles. The van der Waals surface area contributed by atoms with Crippen LogP contribution in [0.3, 0.4) is 0 Å². The molecule has 3 nitrogen and oxygen atoms in total. The van der Waals surface area contributed by atoms with Crippen molar-refractivity contribution in [3.05, 3.63) is 29.3 Å². The molecule has 0 bridgehead atoms. The van der Waals surface area contributed by atoms with Gasteiger partial charge in [-0.3, -0.25) is 4.90 Å². The van der Waals surface area contributed by atoms with Crippen molar-refractivity contribution in [1.82, 2.24) is 9.80 Å². The van der Waals surface area contributed by atoms with Gasteiger partial charge in [0, 0.05) is 32.2 Å². The molecule has 0 amide bonds. The number of benzene rings is 1. The van der Waals surface area contributed by atoms with Crippen LogP contribution in [0.4, 0.5) is 0 Å². The summed E-state index contributed by atoms with van der Waals surface area (Å²) in [6, 6.07) is 7.25. The molecule has 1 aromatic rings. The maximum absolute atomic E-state index is 5.42. The Bertz CT molecular complexity index is 452. The first-order valence-electron chi connectivity index (χ1n) is 7.95. The molecule has 3 rings (SSSR count). The third kappa shape index (κ3) is 2.70. The van der Waals surface area contributed by atoms with Crippen LogP contribution in [-0.2, 0) is 6.42 Å². The zero-order valence-electron chi connectivity index (χ0n) is 12.8. The predicted octanol–water partition coefficient (Wildman–Crippen LogP) is 2.71. The Kier molecular flexibility index (Phi) is 4.27. The summed E-state index contributed by atoms with van der Waals surface area (Å²) in [6.07, 6.45) is 3.84. The van der Waals surface area contributed by atoms with Crippen LogP contribution in [0.2, 0.25) is 0 Å². The second kappa shape index (κ2) is 6.15. The number of piperazine rings is 1. The lowest BCUT2D eigenvalue weighted by Gasteiger charge is -2.41. The first-order valence-corrected chi connectivity index (χ1v) is 7.95. The number of likely N-dealkylation sites (N-methyl/N-ethyl adjacent to an activating group) is 1. The smallest absolute Gasteiger partial charge is 0.119 e. The Morgan fingerprint density at radius 3 is 2.70 bits per heavy atom. The highest BCUT2D eigenvalue weighted by molar-refractivity contribution is 5.39. The van der Waals surface area contributed by atoms with Crippen molar-refractivity contribution in [2.45, 2.75) is 32.2 Å². The van der Waals surface area contributed by atoms with E-state index in [4.69, 9.17) is 4.74 Å². The lowest BCUT2D eigenvalue weighted by molar-refractivity contribution is 0.0911. The fourth-order valence-corrected chi connectivity index (χ4v) is 3.65. The first kappa shape index (κ1) is 13.9. The zero-order valence-corrected chi connectivity index (χ0v) is 12.8. The topological polar surface area (TPSA) is 15.7 Å². The molecule has 0 aromatic heterocycles. The minimum atomic E-state index is 0.604. The number of aryl methyl sites for hydroxylation is 1. The van der Waals surface area contributed by atoms with Crippen LogP contribution in [0, 0.1) is 0 Å². The van der Waals surface area contributed by atoms with Crippen LogP contribution < -0.4 is 4.74 Å². The highest BCUT2D eigenvalue weighted by Gasteiger charge is 2.28. The number of nitrogens with zero attached hydrogens (tertiary/aromatic N) is 2. The molecule has 0 saturated carbocycles. The molecule has 3 heteroatoms. The van der Waals surface area contributed by atoms with Crippen molar-refractivity contribution in [2.75, 3.05) is 39.8 Å². The van der Waals surface area contributed by atoms with Crippen molar-refractivity contribution in [3.8, 4) is 5.75 Å². The molecule has 2 aliphatic rings. The van der Waals surface area contributed by atoms with Crippen LogP contribution in [0.15, 0.2) is 18.2 Å². The van der Waals surface area contributed by atoms with Gasteiger partial charge in [0.2, 0.25) is 0 Å². The van der Waals surface area contributed by atoms with Crippen LogP contribution in [0.1, 0.15) is 36.9 Å². The van der Waals surface area contributed by atoms with Gasteiger partial charge in [-0.25, -0.2) is 0 Å². The van der Waals surface area contributed by atoms with Crippen molar-refractivity contribution < 1.29 is 4.74 Å². The highest BCUT2D eigenvalue weighted by atomic mass is 16.5. The van der Waals surface area contributed by atoms with Gasteiger partial charge in [0.05, 0.1) is 7.11 Å². The molecule has 1 fully saturated rings. The Labute approximate surface area is 122 Å². The minimum Gasteiger partial charge on any atom is -0.497 e. The average molecular weight is 274 g/mol. The molecule has 0 spiro atoms. The Balaban J connectivity index is 1.79. The molecule has 0 radical (unpaired) electrons. The molecule has 20 heavy (non-hydrogen) atoms. The third-order valence-corrected chi connectivity index (χ3v) is 4.93. The molecule has 1 aliphatic heterocycles. The number of fused-ring (bicyclic) bond motifs is 1. The first-order chi connectivity index (χ1) is 9.81. The SMILES string of the molecule is CCN1CCN(C2CCCc3ccc(OC)cc32)CC1. The molecule has 1 unspecified atom stereocenters. The van der Waals surface area contributed by atoms with E-state index in [0.717, 1.165) is 5.75 Å². The normalized spacial score (nSPS) is 24.4. The second-order valence-electron chi connectivity index (χ2n) is 5.94. The highest BCUT2D eigenvalue weighted by Crippen LogP contribution is 2.36. The molecular weight excluding hydrogens is 248 g/mol. The van der Waals surface area contributed by atoms with Crippen LogP contribution in [-0.4, -0.2) is 49.6 Å². The fraction of sp³-hybridized carbons (Fsp3) is 0.647. The van der Waals surface area contributed by atoms with Crippen molar-refractivity contribution >= 4 is 0 Å². The second-order valence-corrected chi connectivity index (χ2v) is 5.94. The zero-order chi connectivity index (χ0) is 13.9. The van der Waals surface area contributed by atoms with Crippen molar-refractivity contribution in [2.24, 2.45) is 0 Å². The number of hydrogen-bond donors (Lipinski definition) is 0. The van der Waals surface area contributed by atoms with E-state index in [-0.39, 0.29) is 0 Å². The lowest BCUT2D eigenvalue weighted by Crippen LogP contribution is -2.47. The van der Waals surface area contributed by atoms with Gasteiger partial charge >= 0.3 is 0 Å². The van der Waals surface area contributed by atoms with Crippen molar-refractivity contribution in [3.63, 3.8) is 0 Å². The molecule has 110 valence electrons. The van der Waals surface area contributed by atoms with Crippen LogP contribution in [0.25, 0.3) is 0 Å². The van der Waals surface area contributed by atoms with Gasteiger partial charge in [0.25, 0.3) is 0 Å². The standard InChI is InChI=1S/C17H26N2O/c1-3-18-9-11-19(12-10-18)17-6-4-5-14-7-8-15(20-2)13-16(14)17/h7-8,13,17H,3-6,9-12H2,1-2H3. The molecule has 1 aromatic carbocycles. The molecule has 0 N–H and O–H groups in total. The van der Waals surface area contributed by atoms with E-state index < -0.39 is 0 Å². The van der Waals surface area contributed by atoms with E-state index in [1.807, 2.05) is 0 Å². The molecule has 1 atom stereocenters. The summed E-state index contributed by atoms with van der Waals surface area (Å²) in [7, 11) is 1.76. The summed E-state index contributed by atoms with van der Waals surface area (Å²) < 4.78 is 5.42. The molecular formula is C17H26N2O. The van der Waals surface area contributed by atoms with Gasteiger partial charge < -0.3 is 9.64 Å². The van der Waals surface area contributed by atoms with E-state index in [1.54, 1.807) is 7.11 Å². The number of methoxy groups -OCH3 is 1. The fourth-order valence-electron chi connectivity index (χ4n) is 3.65. The van der Waals surface area contributed by atoms with Gasteiger partial charge in [-0.2, -0.15) is 0 Å². The van der Waals surface area contributed by atoms with Gasteiger partial charge in [-0.1, -0.05) is 13.0 Å². The van der Waals surface area contributed by atoms with E-state index >= 15 is 0 Å². The predicted molar refractivity (Wildman–Crippen MR) is 82.4 cm³/mol. The van der Waals surface area contributed by atoms with Gasteiger partial charge in [0.1, 0.15) is 5.75 Å². The van der Waals surface area contributed by atoms with Crippen molar-refractivity contribution in [1.29, 1.82) is 0 Å². The quantitative estimate of drug-likeness (QED) is 0.843. The summed E-state index contributed by atoms with van der Waals surface area (Å²) in [5.41, 5.74) is 3.04. The van der Waals surface area contributed by atoms with E-state index in [2.05, 4.69) is 34.9 Å². The van der Waals surface area contributed by atoms with Gasteiger partial charge in [-0.05, 0) is 49.1 Å². The van der Waals surface area contributed by atoms with Gasteiger partial charge in [-0.15, -0.1) is 0 Å². The maximum Gasteiger partial charge on any atom is 0.119 e.